The van der Waals surface area contributed by atoms with Crippen molar-refractivity contribution in [2.45, 2.75) is 0 Å². The first-order chi connectivity index (χ1) is 7.38. The van der Waals surface area contributed by atoms with Crippen molar-refractivity contribution >= 4 is 14.5 Å². The molecule has 1 nitrogen and oxygen atoms in total. The van der Waals surface area contributed by atoms with Crippen LogP contribution in [0.1, 0.15) is 15.6 Å². The SMILES string of the molecule is N#Cc1ccc(C#Cc2ccc[se]2)cc1. The van der Waals surface area contributed by atoms with Gasteiger partial charge in [0.1, 0.15) is 0 Å². The number of rotatable bonds is 0. The van der Waals surface area contributed by atoms with Gasteiger partial charge in [-0.2, -0.15) is 0 Å². The molecule has 15 heavy (non-hydrogen) atoms. The van der Waals surface area contributed by atoms with Gasteiger partial charge in [0.15, 0.2) is 0 Å². The molecule has 0 spiro atoms. The monoisotopic (exact) mass is 257 g/mol. The summed E-state index contributed by atoms with van der Waals surface area (Å²) in [5, 5.41) is 8.63. The third kappa shape index (κ3) is 2.61. The molecule has 0 aliphatic carbocycles. The van der Waals surface area contributed by atoms with Crippen molar-refractivity contribution in [1.29, 1.82) is 5.26 Å². The van der Waals surface area contributed by atoms with Gasteiger partial charge in [0.25, 0.3) is 0 Å². The quantitative estimate of drug-likeness (QED) is 0.522. The molecule has 2 heteroatoms. The topological polar surface area (TPSA) is 23.8 Å². The molecule has 0 saturated heterocycles. The Labute approximate surface area is 94.7 Å². The Morgan fingerprint density at radius 3 is 2.27 bits per heavy atom. The van der Waals surface area contributed by atoms with E-state index in [4.69, 9.17) is 5.26 Å². The van der Waals surface area contributed by atoms with Crippen LogP contribution >= 0.6 is 0 Å². The molecule has 0 fully saturated rings. The van der Waals surface area contributed by atoms with Crippen LogP contribution in [0.5, 0.6) is 0 Å². The summed E-state index contributed by atoms with van der Waals surface area (Å²) >= 11 is 0.416. The number of nitriles is 1. The van der Waals surface area contributed by atoms with E-state index in [2.05, 4.69) is 28.9 Å². The van der Waals surface area contributed by atoms with E-state index < -0.39 is 0 Å². The minimum atomic E-state index is 0.416. The van der Waals surface area contributed by atoms with Crippen LogP contribution in [-0.4, -0.2) is 14.5 Å². The van der Waals surface area contributed by atoms with Crippen molar-refractivity contribution in [3.05, 3.63) is 56.9 Å². The van der Waals surface area contributed by atoms with Crippen LogP contribution in [0.2, 0.25) is 0 Å². The standard InChI is InChI=1S/C13H7NSe/c14-10-12-5-3-11(4-6-12)7-8-13-2-1-9-15-13/h1-6,9H. The van der Waals surface area contributed by atoms with E-state index in [1.54, 1.807) is 12.1 Å². The summed E-state index contributed by atoms with van der Waals surface area (Å²) in [4.78, 5) is 2.15. The Morgan fingerprint density at radius 2 is 1.67 bits per heavy atom. The van der Waals surface area contributed by atoms with Crippen molar-refractivity contribution in [2.75, 3.05) is 0 Å². The van der Waals surface area contributed by atoms with Crippen molar-refractivity contribution < 1.29 is 0 Å². The summed E-state index contributed by atoms with van der Waals surface area (Å²) in [5.41, 5.74) is 1.63. The van der Waals surface area contributed by atoms with Crippen molar-refractivity contribution in [3.63, 3.8) is 0 Å². The Hall–Kier alpha value is -1.73. The second kappa shape index (κ2) is 4.67. The molecule has 1 aromatic heterocycles. The van der Waals surface area contributed by atoms with Gasteiger partial charge in [0, 0.05) is 0 Å². The third-order valence-electron chi connectivity index (χ3n) is 1.87. The molecule has 0 aliphatic rings. The van der Waals surface area contributed by atoms with Gasteiger partial charge in [0.2, 0.25) is 0 Å². The van der Waals surface area contributed by atoms with E-state index in [9.17, 15) is 0 Å². The second-order valence-corrected chi connectivity index (χ2v) is 4.90. The van der Waals surface area contributed by atoms with Crippen molar-refractivity contribution in [3.8, 4) is 17.9 Å². The average Bonchev–Trinajstić information content (AvgIpc) is 2.80. The summed E-state index contributed by atoms with van der Waals surface area (Å²) < 4.78 is 1.20. The van der Waals surface area contributed by atoms with E-state index in [-0.39, 0.29) is 0 Å². The summed E-state index contributed by atoms with van der Waals surface area (Å²) in [7, 11) is 0. The van der Waals surface area contributed by atoms with Gasteiger partial charge in [-0.05, 0) is 0 Å². The fourth-order valence-electron chi connectivity index (χ4n) is 1.11. The number of hydrogen-bond acceptors (Lipinski definition) is 1. The number of nitrogens with zero attached hydrogens (tertiary/aromatic N) is 1. The molecule has 0 saturated carbocycles. The van der Waals surface area contributed by atoms with Crippen LogP contribution in [0.25, 0.3) is 0 Å². The molecule has 1 heterocycles. The van der Waals surface area contributed by atoms with Gasteiger partial charge in [-0.15, -0.1) is 0 Å². The van der Waals surface area contributed by atoms with Crippen LogP contribution < -0.4 is 0 Å². The Bertz CT molecular complexity index is 533. The first kappa shape index (κ1) is 9.81. The first-order valence-corrected chi connectivity index (χ1v) is 6.29. The molecule has 0 bridgehead atoms. The molecule has 70 valence electrons. The van der Waals surface area contributed by atoms with E-state index in [1.165, 1.54) is 4.44 Å². The summed E-state index contributed by atoms with van der Waals surface area (Å²) in [6, 6.07) is 13.5. The molecule has 0 amide bonds. The Balaban J connectivity index is 2.22. The predicted octanol–water partition coefficient (Wildman–Crippen LogP) is 2.02. The van der Waals surface area contributed by atoms with Crippen molar-refractivity contribution in [1.82, 2.24) is 0 Å². The van der Waals surface area contributed by atoms with Gasteiger partial charge in [-0.25, -0.2) is 0 Å². The zero-order valence-corrected chi connectivity index (χ0v) is 9.61. The molecule has 0 radical (unpaired) electrons. The zero-order valence-electron chi connectivity index (χ0n) is 7.90. The second-order valence-electron chi connectivity index (χ2n) is 2.92. The molecule has 0 aliphatic heterocycles. The summed E-state index contributed by atoms with van der Waals surface area (Å²) in [5.74, 6) is 6.21. The minimum absolute atomic E-state index is 0.416. The Kier molecular flexibility index (Phi) is 3.05. The van der Waals surface area contributed by atoms with Gasteiger partial charge >= 0.3 is 94.6 Å². The normalized spacial score (nSPS) is 8.73. The van der Waals surface area contributed by atoms with E-state index in [0.717, 1.165) is 5.56 Å². The van der Waals surface area contributed by atoms with Crippen LogP contribution in [0.15, 0.2) is 41.3 Å². The van der Waals surface area contributed by atoms with Crippen LogP contribution in [0, 0.1) is 23.2 Å². The molecule has 0 unspecified atom stereocenters. The maximum absolute atomic E-state index is 8.63. The van der Waals surface area contributed by atoms with Crippen LogP contribution in [0.4, 0.5) is 0 Å². The van der Waals surface area contributed by atoms with Crippen LogP contribution in [-0.2, 0) is 0 Å². The first-order valence-electron chi connectivity index (χ1n) is 4.44. The molecular weight excluding hydrogens is 249 g/mol. The van der Waals surface area contributed by atoms with Crippen molar-refractivity contribution in [2.24, 2.45) is 0 Å². The molecule has 2 aromatic rings. The molecular formula is C13H7NSe. The molecule has 2 rings (SSSR count). The van der Waals surface area contributed by atoms with Gasteiger partial charge in [-0.1, -0.05) is 0 Å². The van der Waals surface area contributed by atoms with E-state index >= 15 is 0 Å². The zero-order chi connectivity index (χ0) is 10.5. The maximum atomic E-state index is 8.63. The fourth-order valence-corrected chi connectivity index (χ4v) is 2.31. The number of benzene rings is 1. The third-order valence-corrected chi connectivity index (χ3v) is 3.51. The average molecular weight is 256 g/mol. The molecule has 0 N–H and O–H groups in total. The number of hydrogen-bond donors (Lipinski definition) is 0. The van der Waals surface area contributed by atoms with Gasteiger partial charge in [0.05, 0.1) is 0 Å². The molecule has 0 atom stereocenters. The Morgan fingerprint density at radius 1 is 0.933 bits per heavy atom. The van der Waals surface area contributed by atoms with Gasteiger partial charge in [-0.3, -0.25) is 0 Å². The summed E-state index contributed by atoms with van der Waals surface area (Å²) in [6.07, 6.45) is 0. The van der Waals surface area contributed by atoms with E-state index in [1.807, 2.05) is 18.2 Å². The molecule has 1 aromatic carbocycles. The summed E-state index contributed by atoms with van der Waals surface area (Å²) in [6.45, 7) is 0. The predicted molar refractivity (Wildman–Crippen MR) is 60.5 cm³/mol. The van der Waals surface area contributed by atoms with Crippen LogP contribution in [0.3, 0.4) is 0 Å². The van der Waals surface area contributed by atoms with E-state index in [0.29, 0.717) is 20.1 Å². The van der Waals surface area contributed by atoms with Gasteiger partial charge < -0.3 is 0 Å². The fraction of sp³-hybridized carbons (Fsp3) is 0.